The normalized spacial score (nSPS) is 26.6. The fraction of sp³-hybridized carbons (Fsp3) is 0.500. The Hall–Kier alpha value is -1.68. The van der Waals surface area contributed by atoms with E-state index >= 15 is 0 Å². The molecule has 0 amide bonds. The third-order valence-electron chi connectivity index (χ3n) is 4.84. The van der Waals surface area contributed by atoms with Crippen molar-refractivity contribution in [2.45, 2.75) is 38.1 Å². The Morgan fingerprint density at radius 1 is 1.35 bits per heavy atom. The first-order chi connectivity index (χ1) is 9.78. The molecule has 4 heteroatoms. The molecule has 2 atom stereocenters. The summed E-state index contributed by atoms with van der Waals surface area (Å²) in [5.41, 5.74) is 8.43. The number of nitrogens with zero attached hydrogens (tertiary/aromatic N) is 3. The fourth-order valence-corrected chi connectivity index (χ4v) is 3.53. The van der Waals surface area contributed by atoms with Crippen LogP contribution in [0.1, 0.15) is 32.6 Å². The minimum Gasteiger partial charge on any atom is -0.328 e. The van der Waals surface area contributed by atoms with E-state index in [9.17, 15) is 0 Å². The second-order valence-electron chi connectivity index (χ2n) is 5.85. The van der Waals surface area contributed by atoms with Crippen molar-refractivity contribution in [2.75, 3.05) is 6.54 Å². The summed E-state index contributed by atoms with van der Waals surface area (Å²) < 4.78 is 2.30. The lowest BCUT2D eigenvalue weighted by Gasteiger charge is -2.44. The molecule has 3 rings (SSSR count). The number of hydrogen-bond donors (Lipinski definition) is 1. The van der Waals surface area contributed by atoms with Crippen LogP contribution in [0, 0.1) is 5.92 Å². The molecule has 2 N–H and O–H groups in total. The number of nitrogens with two attached hydrogens (primary N) is 1. The number of imidazole rings is 1. The Kier molecular flexibility index (Phi) is 3.57. The molecule has 1 fully saturated rings. The van der Waals surface area contributed by atoms with Crippen LogP contribution in [0.25, 0.3) is 11.3 Å². The van der Waals surface area contributed by atoms with Crippen LogP contribution in [0.5, 0.6) is 0 Å². The predicted octanol–water partition coefficient (Wildman–Crippen LogP) is 2.81. The van der Waals surface area contributed by atoms with E-state index in [0.29, 0.717) is 12.5 Å². The van der Waals surface area contributed by atoms with Crippen molar-refractivity contribution in [1.29, 1.82) is 0 Å². The maximum absolute atomic E-state index is 6.20. The summed E-state index contributed by atoms with van der Waals surface area (Å²) in [6.07, 6.45) is 12.5. The van der Waals surface area contributed by atoms with Gasteiger partial charge in [0.1, 0.15) is 0 Å². The maximum Gasteiger partial charge on any atom is 0.0956 e. The Morgan fingerprint density at radius 3 is 2.95 bits per heavy atom. The number of hydrogen-bond acceptors (Lipinski definition) is 3. The van der Waals surface area contributed by atoms with Crippen LogP contribution < -0.4 is 5.73 Å². The van der Waals surface area contributed by atoms with E-state index in [-0.39, 0.29) is 5.54 Å². The van der Waals surface area contributed by atoms with Gasteiger partial charge in [-0.3, -0.25) is 4.98 Å². The van der Waals surface area contributed by atoms with Crippen LogP contribution in [-0.2, 0) is 5.54 Å². The second kappa shape index (κ2) is 5.37. The zero-order chi connectivity index (χ0) is 14.0. The standard InChI is InChI=1S/C16H22N4/c1-13-5-2-3-7-16(13,11-17)20-12-19-10-15(20)14-6-4-8-18-9-14/h4,6,8-10,12-13H,2-3,5,7,11,17H2,1H3. The lowest BCUT2D eigenvalue weighted by atomic mass is 9.73. The fourth-order valence-electron chi connectivity index (χ4n) is 3.53. The van der Waals surface area contributed by atoms with Crippen LogP contribution >= 0.6 is 0 Å². The number of pyridine rings is 1. The average Bonchev–Trinajstić information content (AvgIpc) is 2.99. The van der Waals surface area contributed by atoms with Crippen LogP contribution in [0.2, 0.25) is 0 Å². The summed E-state index contributed by atoms with van der Waals surface area (Å²) >= 11 is 0. The van der Waals surface area contributed by atoms with Crippen molar-refractivity contribution in [3.63, 3.8) is 0 Å². The first kappa shape index (κ1) is 13.3. The molecule has 2 heterocycles. The predicted molar refractivity (Wildman–Crippen MR) is 80.1 cm³/mol. The van der Waals surface area contributed by atoms with Gasteiger partial charge < -0.3 is 10.3 Å². The van der Waals surface area contributed by atoms with Gasteiger partial charge in [0, 0.05) is 24.5 Å². The first-order valence-corrected chi connectivity index (χ1v) is 7.41. The SMILES string of the molecule is CC1CCCCC1(CN)n1cncc1-c1cccnc1. The maximum atomic E-state index is 6.20. The van der Waals surface area contributed by atoms with Crippen molar-refractivity contribution in [2.24, 2.45) is 11.7 Å². The van der Waals surface area contributed by atoms with E-state index in [4.69, 9.17) is 5.73 Å². The van der Waals surface area contributed by atoms with Gasteiger partial charge in [0.05, 0.1) is 23.8 Å². The van der Waals surface area contributed by atoms with Gasteiger partial charge in [-0.25, -0.2) is 4.98 Å². The molecular formula is C16H22N4. The summed E-state index contributed by atoms with van der Waals surface area (Å²) in [4.78, 5) is 8.60. The minimum absolute atomic E-state index is 0.0000746. The van der Waals surface area contributed by atoms with E-state index < -0.39 is 0 Å². The zero-order valence-electron chi connectivity index (χ0n) is 12.0. The minimum atomic E-state index is -0.0000746. The molecule has 1 aliphatic carbocycles. The van der Waals surface area contributed by atoms with Crippen LogP contribution in [0.4, 0.5) is 0 Å². The summed E-state index contributed by atoms with van der Waals surface area (Å²) in [5, 5.41) is 0. The Labute approximate surface area is 120 Å². The van der Waals surface area contributed by atoms with E-state index in [0.717, 1.165) is 17.7 Å². The van der Waals surface area contributed by atoms with Gasteiger partial charge >= 0.3 is 0 Å². The van der Waals surface area contributed by atoms with Crippen molar-refractivity contribution >= 4 is 0 Å². The van der Waals surface area contributed by atoms with Crippen molar-refractivity contribution < 1.29 is 0 Å². The molecule has 0 saturated heterocycles. The molecule has 4 nitrogen and oxygen atoms in total. The summed E-state index contributed by atoms with van der Waals surface area (Å²) in [7, 11) is 0. The van der Waals surface area contributed by atoms with Gasteiger partial charge in [-0.1, -0.05) is 19.8 Å². The summed E-state index contributed by atoms with van der Waals surface area (Å²) in [6, 6.07) is 4.05. The molecule has 20 heavy (non-hydrogen) atoms. The number of aromatic nitrogens is 3. The molecule has 0 bridgehead atoms. The Balaban J connectivity index is 2.08. The van der Waals surface area contributed by atoms with Crippen molar-refractivity contribution in [3.05, 3.63) is 37.1 Å². The number of rotatable bonds is 3. The second-order valence-corrected chi connectivity index (χ2v) is 5.85. The molecule has 2 unspecified atom stereocenters. The van der Waals surface area contributed by atoms with Gasteiger partial charge in [-0.2, -0.15) is 0 Å². The van der Waals surface area contributed by atoms with Crippen molar-refractivity contribution in [1.82, 2.24) is 14.5 Å². The van der Waals surface area contributed by atoms with E-state index in [1.807, 2.05) is 24.8 Å². The lowest BCUT2D eigenvalue weighted by molar-refractivity contribution is 0.127. The van der Waals surface area contributed by atoms with Crippen LogP contribution in [0.3, 0.4) is 0 Å². The molecular weight excluding hydrogens is 248 g/mol. The monoisotopic (exact) mass is 270 g/mol. The third-order valence-corrected chi connectivity index (χ3v) is 4.84. The highest BCUT2D eigenvalue weighted by atomic mass is 15.1. The van der Waals surface area contributed by atoms with E-state index in [1.165, 1.54) is 19.3 Å². The van der Waals surface area contributed by atoms with E-state index in [1.54, 1.807) is 6.20 Å². The highest BCUT2D eigenvalue weighted by Gasteiger charge is 2.39. The van der Waals surface area contributed by atoms with Crippen LogP contribution in [0.15, 0.2) is 37.1 Å². The first-order valence-electron chi connectivity index (χ1n) is 7.41. The third kappa shape index (κ3) is 2.04. The molecule has 2 aromatic heterocycles. The molecule has 0 spiro atoms. The highest BCUT2D eigenvalue weighted by molar-refractivity contribution is 5.57. The highest BCUT2D eigenvalue weighted by Crippen LogP contribution is 2.41. The smallest absolute Gasteiger partial charge is 0.0956 e. The molecule has 0 radical (unpaired) electrons. The van der Waals surface area contributed by atoms with E-state index in [2.05, 4.69) is 27.5 Å². The summed E-state index contributed by atoms with van der Waals surface area (Å²) in [6.45, 7) is 2.98. The molecule has 0 aliphatic heterocycles. The molecule has 2 aromatic rings. The topological polar surface area (TPSA) is 56.7 Å². The Morgan fingerprint density at radius 2 is 2.25 bits per heavy atom. The molecule has 1 saturated carbocycles. The largest absolute Gasteiger partial charge is 0.328 e. The summed E-state index contributed by atoms with van der Waals surface area (Å²) in [5.74, 6) is 0.575. The molecule has 1 aliphatic rings. The quantitative estimate of drug-likeness (QED) is 0.933. The van der Waals surface area contributed by atoms with Gasteiger partial charge in [-0.05, 0) is 30.9 Å². The average molecular weight is 270 g/mol. The molecule has 106 valence electrons. The van der Waals surface area contributed by atoms with Gasteiger partial charge in [0.2, 0.25) is 0 Å². The van der Waals surface area contributed by atoms with Gasteiger partial charge in [0.25, 0.3) is 0 Å². The van der Waals surface area contributed by atoms with Crippen molar-refractivity contribution in [3.8, 4) is 11.3 Å². The molecule has 0 aromatic carbocycles. The van der Waals surface area contributed by atoms with Crippen LogP contribution in [-0.4, -0.2) is 21.1 Å². The van der Waals surface area contributed by atoms with Gasteiger partial charge in [0.15, 0.2) is 0 Å². The lowest BCUT2D eigenvalue weighted by Crippen LogP contribution is -2.48. The van der Waals surface area contributed by atoms with Gasteiger partial charge in [-0.15, -0.1) is 0 Å². The Bertz CT molecular complexity index is 563. The zero-order valence-corrected chi connectivity index (χ0v) is 12.0.